The minimum Gasteiger partial charge on any atom is -0.485 e. The predicted octanol–water partition coefficient (Wildman–Crippen LogP) is 5.07. The van der Waals surface area contributed by atoms with E-state index in [0.717, 1.165) is 16.7 Å². The zero-order chi connectivity index (χ0) is 27.5. The highest BCUT2D eigenvalue weighted by Gasteiger charge is 2.29. The number of rotatable bonds is 12. The zero-order valence-electron chi connectivity index (χ0n) is 21.7. The molecule has 2 atom stereocenters. The number of benzene rings is 4. The van der Waals surface area contributed by atoms with E-state index in [1.54, 1.807) is 18.2 Å². The van der Waals surface area contributed by atoms with Gasteiger partial charge in [0, 0.05) is 0 Å². The second kappa shape index (κ2) is 13.8. The summed E-state index contributed by atoms with van der Waals surface area (Å²) in [6, 6.07) is 32.1. The molecule has 0 heterocycles. The van der Waals surface area contributed by atoms with Crippen LogP contribution in [-0.2, 0) is 29.4 Å². The SMILES string of the molecule is CC(O)[C@H](NC(=O)c1cccc(OCc2ccccc2)c1OCc1ccccc1)C(=O)OCc1ccccc1. The molecule has 2 N–H and O–H groups in total. The van der Waals surface area contributed by atoms with Gasteiger partial charge in [-0.3, -0.25) is 4.79 Å². The predicted molar refractivity (Wildman–Crippen MR) is 147 cm³/mol. The Kier molecular flexibility index (Phi) is 9.69. The number of aliphatic hydroxyl groups is 1. The third-order valence-corrected chi connectivity index (χ3v) is 5.93. The van der Waals surface area contributed by atoms with Crippen LogP contribution < -0.4 is 14.8 Å². The van der Waals surface area contributed by atoms with Crippen molar-refractivity contribution in [1.82, 2.24) is 5.32 Å². The lowest BCUT2D eigenvalue weighted by molar-refractivity contribution is -0.150. The van der Waals surface area contributed by atoms with Crippen molar-refractivity contribution in [3.8, 4) is 11.5 Å². The van der Waals surface area contributed by atoms with Crippen molar-refractivity contribution >= 4 is 11.9 Å². The quantitative estimate of drug-likeness (QED) is 0.251. The summed E-state index contributed by atoms with van der Waals surface area (Å²) in [7, 11) is 0. The molecule has 0 saturated heterocycles. The molecule has 7 nitrogen and oxygen atoms in total. The van der Waals surface area contributed by atoms with Gasteiger partial charge in [0.05, 0.1) is 11.7 Å². The van der Waals surface area contributed by atoms with Crippen molar-refractivity contribution < 1.29 is 28.9 Å². The first-order valence-corrected chi connectivity index (χ1v) is 12.7. The lowest BCUT2D eigenvalue weighted by atomic mass is 10.1. The summed E-state index contributed by atoms with van der Waals surface area (Å²) in [4.78, 5) is 26.2. The van der Waals surface area contributed by atoms with Crippen molar-refractivity contribution in [2.24, 2.45) is 0 Å². The molecule has 0 fully saturated rings. The number of carbonyl (C=O) groups excluding carboxylic acids is 2. The second-order valence-electron chi connectivity index (χ2n) is 8.97. The van der Waals surface area contributed by atoms with Crippen LogP contribution in [-0.4, -0.2) is 29.1 Å². The van der Waals surface area contributed by atoms with Crippen molar-refractivity contribution in [2.45, 2.75) is 38.9 Å². The molecule has 0 aliphatic heterocycles. The van der Waals surface area contributed by atoms with E-state index in [4.69, 9.17) is 14.2 Å². The molecule has 39 heavy (non-hydrogen) atoms. The van der Waals surface area contributed by atoms with Crippen LogP contribution in [0.3, 0.4) is 0 Å². The average molecular weight is 526 g/mol. The molecule has 0 aliphatic carbocycles. The van der Waals surface area contributed by atoms with Gasteiger partial charge in [-0.2, -0.15) is 0 Å². The summed E-state index contributed by atoms with van der Waals surface area (Å²) in [5, 5.41) is 12.9. The normalized spacial score (nSPS) is 12.2. The molecule has 4 aromatic rings. The van der Waals surface area contributed by atoms with Crippen LogP contribution in [0.2, 0.25) is 0 Å². The molecular formula is C32H31NO6. The molecular weight excluding hydrogens is 494 g/mol. The van der Waals surface area contributed by atoms with Crippen LogP contribution in [0.4, 0.5) is 0 Å². The highest BCUT2D eigenvalue weighted by molar-refractivity contribution is 6.00. The van der Waals surface area contributed by atoms with Gasteiger partial charge >= 0.3 is 5.97 Å². The molecule has 4 rings (SSSR count). The number of para-hydroxylation sites is 1. The van der Waals surface area contributed by atoms with Crippen molar-refractivity contribution in [3.63, 3.8) is 0 Å². The monoisotopic (exact) mass is 525 g/mol. The summed E-state index contributed by atoms with van der Waals surface area (Å²) >= 11 is 0. The molecule has 4 aromatic carbocycles. The fourth-order valence-corrected chi connectivity index (χ4v) is 3.84. The van der Waals surface area contributed by atoms with Crippen molar-refractivity contribution in [2.75, 3.05) is 0 Å². The maximum absolute atomic E-state index is 13.4. The summed E-state index contributed by atoms with van der Waals surface area (Å²) in [6.07, 6.45) is -1.19. The number of esters is 1. The van der Waals surface area contributed by atoms with Gasteiger partial charge in [0.2, 0.25) is 0 Å². The van der Waals surface area contributed by atoms with Gasteiger partial charge in [-0.25, -0.2) is 4.79 Å². The van der Waals surface area contributed by atoms with Gasteiger partial charge in [-0.1, -0.05) is 97.1 Å². The Morgan fingerprint density at radius 2 is 1.21 bits per heavy atom. The van der Waals surface area contributed by atoms with E-state index in [1.165, 1.54) is 6.92 Å². The summed E-state index contributed by atoms with van der Waals surface area (Å²) in [6.45, 7) is 1.91. The molecule has 0 aromatic heterocycles. The van der Waals surface area contributed by atoms with Crippen LogP contribution in [0, 0.1) is 0 Å². The Bertz CT molecular complexity index is 1340. The molecule has 0 bridgehead atoms. The maximum Gasteiger partial charge on any atom is 0.331 e. The zero-order valence-corrected chi connectivity index (χ0v) is 21.7. The molecule has 0 saturated carbocycles. The van der Waals surface area contributed by atoms with Gasteiger partial charge in [0.1, 0.15) is 19.8 Å². The number of hydrogen-bond acceptors (Lipinski definition) is 6. The minimum absolute atomic E-state index is 0.0208. The van der Waals surface area contributed by atoms with Crippen LogP contribution in [0.1, 0.15) is 34.0 Å². The van der Waals surface area contributed by atoms with E-state index >= 15 is 0 Å². The van der Waals surface area contributed by atoms with E-state index in [2.05, 4.69) is 5.32 Å². The fraction of sp³-hybridized carbons (Fsp3) is 0.188. The first kappa shape index (κ1) is 27.4. The average Bonchev–Trinajstić information content (AvgIpc) is 2.98. The molecule has 1 amide bonds. The van der Waals surface area contributed by atoms with Gasteiger partial charge in [-0.05, 0) is 35.7 Å². The fourth-order valence-electron chi connectivity index (χ4n) is 3.84. The third-order valence-electron chi connectivity index (χ3n) is 5.93. The molecule has 0 spiro atoms. The molecule has 200 valence electrons. The van der Waals surface area contributed by atoms with Gasteiger partial charge < -0.3 is 24.6 Å². The van der Waals surface area contributed by atoms with E-state index in [-0.39, 0.29) is 31.1 Å². The van der Waals surface area contributed by atoms with Crippen LogP contribution in [0.25, 0.3) is 0 Å². The van der Waals surface area contributed by atoms with Gasteiger partial charge in [0.15, 0.2) is 17.5 Å². The first-order chi connectivity index (χ1) is 19.0. The largest absolute Gasteiger partial charge is 0.485 e. The molecule has 7 heteroatoms. The number of carbonyl (C=O) groups is 2. The summed E-state index contributed by atoms with van der Waals surface area (Å²) < 4.78 is 17.5. The van der Waals surface area contributed by atoms with E-state index in [9.17, 15) is 14.7 Å². The first-order valence-electron chi connectivity index (χ1n) is 12.7. The van der Waals surface area contributed by atoms with Crippen LogP contribution in [0.15, 0.2) is 109 Å². The van der Waals surface area contributed by atoms with Crippen LogP contribution >= 0.6 is 0 Å². The third kappa shape index (κ3) is 7.93. The summed E-state index contributed by atoms with van der Waals surface area (Å²) in [5.41, 5.74) is 2.82. The summed E-state index contributed by atoms with van der Waals surface area (Å²) in [5.74, 6) is -0.740. The van der Waals surface area contributed by atoms with Gasteiger partial charge in [0.25, 0.3) is 5.91 Å². The molecule has 0 radical (unpaired) electrons. The molecule has 0 aliphatic rings. The number of ether oxygens (including phenoxy) is 3. The number of amides is 1. The number of nitrogens with one attached hydrogen (secondary N) is 1. The van der Waals surface area contributed by atoms with E-state index in [0.29, 0.717) is 5.75 Å². The van der Waals surface area contributed by atoms with E-state index < -0.39 is 24.0 Å². The topological polar surface area (TPSA) is 94.1 Å². The van der Waals surface area contributed by atoms with Crippen molar-refractivity contribution in [1.29, 1.82) is 0 Å². The molecule has 1 unspecified atom stereocenters. The lowest BCUT2D eigenvalue weighted by Crippen LogP contribution is -2.48. The minimum atomic E-state index is -1.28. The Hall–Kier alpha value is -4.62. The second-order valence-corrected chi connectivity index (χ2v) is 8.97. The smallest absolute Gasteiger partial charge is 0.331 e. The van der Waals surface area contributed by atoms with Crippen molar-refractivity contribution in [3.05, 3.63) is 131 Å². The highest BCUT2D eigenvalue weighted by Crippen LogP contribution is 2.33. The Morgan fingerprint density at radius 3 is 1.74 bits per heavy atom. The Labute approximate surface area is 228 Å². The van der Waals surface area contributed by atoms with E-state index in [1.807, 2.05) is 91.0 Å². The Morgan fingerprint density at radius 1 is 0.692 bits per heavy atom. The number of hydrogen-bond donors (Lipinski definition) is 2. The number of aliphatic hydroxyl groups excluding tert-OH is 1. The standard InChI is InChI=1S/C32H31NO6/c1-23(34)29(32(36)39-22-26-16-9-4-10-17-26)33-31(35)27-18-11-19-28(37-20-24-12-5-2-6-13-24)30(27)38-21-25-14-7-3-8-15-25/h2-19,23,29,34H,20-22H2,1H3,(H,33,35)/t23?,29-/m0/s1. The van der Waals surface area contributed by atoms with Gasteiger partial charge in [-0.15, -0.1) is 0 Å². The lowest BCUT2D eigenvalue weighted by Gasteiger charge is -2.22. The highest BCUT2D eigenvalue weighted by atomic mass is 16.5. The van der Waals surface area contributed by atoms with Crippen LogP contribution in [0.5, 0.6) is 11.5 Å². The Balaban J connectivity index is 1.53. The maximum atomic E-state index is 13.4.